The van der Waals surface area contributed by atoms with Crippen LogP contribution in [0.15, 0.2) is 0 Å². The van der Waals surface area contributed by atoms with Crippen LogP contribution in [0.4, 0.5) is 0 Å². The predicted molar refractivity (Wildman–Crippen MR) is 59.4 cm³/mol. The van der Waals surface area contributed by atoms with Gasteiger partial charge in [-0.1, -0.05) is 0 Å². The van der Waals surface area contributed by atoms with Crippen LogP contribution >= 0.6 is 0 Å². The van der Waals surface area contributed by atoms with Crippen molar-refractivity contribution in [2.24, 2.45) is 0 Å². The second kappa shape index (κ2) is 9.19. The van der Waals surface area contributed by atoms with Crippen molar-refractivity contribution in [2.45, 2.75) is 0 Å². The van der Waals surface area contributed by atoms with E-state index in [1.54, 1.807) is 0 Å². The molecule has 0 aliphatic carbocycles. The van der Waals surface area contributed by atoms with Gasteiger partial charge in [0, 0.05) is 0 Å². The molecule has 0 aliphatic heterocycles. The Morgan fingerprint density at radius 3 is 0.438 bits per heavy atom. The molecule has 0 bridgehead atoms. The fourth-order valence-electron chi connectivity index (χ4n) is 0. The molecule has 0 saturated heterocycles. The molecule has 0 aromatic rings. The molecule has 0 amide bonds. The molecule has 12 nitrogen and oxygen atoms in total. The Morgan fingerprint density at radius 2 is 0.438 bits per heavy atom. The van der Waals surface area contributed by atoms with Gasteiger partial charge in [0.2, 0.25) is 0 Å². The SMILES string of the molecule is O=S(=O)(O)O.O=S(=O)(O)O.O=S(=O)(O)O.[SeH8+6]. The standard InChI is InChI=1S/3H2O4S.H8Se/c3*1-5(2,3)4;/h3*(H2,1,2,3,4);1H8/q;;;+6. The van der Waals surface area contributed by atoms with Crippen molar-refractivity contribution in [1.82, 2.24) is 0 Å². The molecule has 16 heavy (non-hydrogen) atoms. The van der Waals surface area contributed by atoms with Gasteiger partial charge in [0.05, 0.1) is 0 Å². The molecule has 6 N–H and O–H groups in total. The van der Waals surface area contributed by atoms with Gasteiger partial charge >= 0.3 is 48.3 Å². The molecule has 0 rings (SSSR count). The third kappa shape index (κ3) is 145000. The van der Waals surface area contributed by atoms with Crippen LogP contribution in [-0.2, 0) is 31.2 Å². The first kappa shape index (κ1) is 25.1. The van der Waals surface area contributed by atoms with E-state index in [1.807, 2.05) is 0 Å². The van der Waals surface area contributed by atoms with E-state index in [9.17, 15) is 0 Å². The molecule has 0 atom stereocenters. The summed E-state index contributed by atoms with van der Waals surface area (Å²) in [5.74, 6) is 0. The Morgan fingerprint density at radius 1 is 0.438 bits per heavy atom. The van der Waals surface area contributed by atoms with Crippen LogP contribution in [0, 0.1) is 0 Å². The van der Waals surface area contributed by atoms with Crippen LogP contribution < -0.4 is 0 Å². The fraction of sp³-hybridized carbons (Fsp3) is 0. The van der Waals surface area contributed by atoms with E-state index in [0.717, 1.165) is 0 Å². The van der Waals surface area contributed by atoms with Gasteiger partial charge in [-0.2, -0.15) is 25.3 Å². The molecule has 0 fully saturated rings. The number of hydrogen-bond acceptors (Lipinski definition) is 6. The second-order valence-electron chi connectivity index (χ2n) is 1.34. The average Bonchev–Trinajstić information content (AvgIpc) is 1.41. The summed E-state index contributed by atoms with van der Waals surface area (Å²) < 4.78 is 94.8. The topological polar surface area (TPSA) is 224 Å². The van der Waals surface area contributed by atoms with E-state index in [-0.39, 0.29) is 17.1 Å². The molecule has 0 aromatic heterocycles. The third-order valence-corrected chi connectivity index (χ3v) is 0. The van der Waals surface area contributed by atoms with Crippen LogP contribution in [0.1, 0.15) is 0 Å². The minimum absolute atomic E-state index is 0. The van der Waals surface area contributed by atoms with Crippen molar-refractivity contribution < 1.29 is 52.6 Å². The van der Waals surface area contributed by atoms with Crippen molar-refractivity contribution >= 4 is 48.3 Å². The van der Waals surface area contributed by atoms with Crippen LogP contribution in [0.25, 0.3) is 0 Å². The first-order valence-corrected chi connectivity index (χ1v) is 6.29. The van der Waals surface area contributed by atoms with Crippen molar-refractivity contribution in [3.05, 3.63) is 0 Å². The van der Waals surface area contributed by atoms with Crippen molar-refractivity contribution in [3.8, 4) is 0 Å². The van der Waals surface area contributed by atoms with Crippen molar-refractivity contribution in [3.63, 3.8) is 0 Å². The molecule has 0 radical (unpaired) electrons. The summed E-state index contributed by atoms with van der Waals surface area (Å²) in [6.45, 7) is 0. The van der Waals surface area contributed by atoms with Crippen molar-refractivity contribution in [2.75, 3.05) is 0 Å². The molecule has 0 unspecified atom stereocenters. The summed E-state index contributed by atoms with van der Waals surface area (Å²) in [4.78, 5) is 0. The first-order chi connectivity index (χ1) is 6.00. The van der Waals surface area contributed by atoms with Crippen LogP contribution in [0.3, 0.4) is 0 Å². The number of rotatable bonds is 0. The Kier molecular flexibility index (Phi) is 14.4. The second-order valence-corrected chi connectivity index (χ2v) is 4.03. The third-order valence-electron chi connectivity index (χ3n) is 0. The zero-order valence-corrected chi connectivity index (χ0v) is 8.81. The predicted octanol–water partition coefficient (Wildman–Crippen LogP) is -4.48. The van der Waals surface area contributed by atoms with E-state index < -0.39 is 31.2 Å². The monoisotopic (exact) mass is 382 g/mol. The van der Waals surface area contributed by atoms with E-state index >= 15 is 0 Å². The van der Waals surface area contributed by atoms with Gasteiger partial charge < -0.3 is 0 Å². The van der Waals surface area contributed by atoms with E-state index in [4.69, 9.17) is 52.6 Å². The van der Waals surface area contributed by atoms with E-state index in [2.05, 4.69) is 0 Å². The summed E-state index contributed by atoms with van der Waals surface area (Å²) in [6.07, 6.45) is 0. The summed E-state index contributed by atoms with van der Waals surface area (Å²) in [6, 6.07) is 0. The molecule has 0 aromatic carbocycles. The Labute approximate surface area is 101 Å². The number of hydrogen-bond donors (Lipinski definition) is 6. The average molecular weight is 381 g/mol. The van der Waals surface area contributed by atoms with Crippen LogP contribution in [-0.4, -0.2) is 69.6 Å². The van der Waals surface area contributed by atoms with Crippen molar-refractivity contribution in [1.29, 1.82) is 0 Å². The summed E-state index contributed by atoms with van der Waals surface area (Å²) in [5.41, 5.74) is 0. The maximum atomic E-state index is 8.74. The van der Waals surface area contributed by atoms with Gasteiger partial charge in [-0.15, -0.1) is 0 Å². The summed E-state index contributed by atoms with van der Waals surface area (Å²) in [7, 11) is -14.0. The summed E-state index contributed by atoms with van der Waals surface area (Å²) in [5, 5.41) is 0. The molecule has 0 saturated carbocycles. The quantitative estimate of drug-likeness (QED) is 0.172. The zero-order chi connectivity index (χ0) is 13.5. The molecular formula is H14O12S3Se+6. The van der Waals surface area contributed by atoms with Gasteiger partial charge in [0.1, 0.15) is 0 Å². The maximum absolute atomic E-state index is 8.74. The zero-order valence-electron chi connectivity index (χ0n) is 6.36. The normalized spacial score (nSPS) is 10.9. The Bertz CT molecular complexity index is 337. The van der Waals surface area contributed by atoms with Gasteiger partial charge in [0.15, 0.2) is 0 Å². The van der Waals surface area contributed by atoms with Gasteiger partial charge in [-0.3, -0.25) is 27.3 Å². The molecule has 0 spiro atoms. The van der Waals surface area contributed by atoms with E-state index in [1.165, 1.54) is 0 Å². The molecule has 16 heteroatoms. The minimum atomic E-state index is -4.67. The van der Waals surface area contributed by atoms with Crippen LogP contribution in [0.5, 0.6) is 0 Å². The molecule has 104 valence electrons. The Hall–Kier alpha value is 0.129. The van der Waals surface area contributed by atoms with Gasteiger partial charge in [-0.25, -0.2) is 0 Å². The van der Waals surface area contributed by atoms with Crippen LogP contribution in [0.2, 0.25) is 0 Å². The fourth-order valence-corrected chi connectivity index (χ4v) is 0. The summed E-state index contributed by atoms with van der Waals surface area (Å²) >= 11 is 0. The molecule has 0 heterocycles. The Balaban J connectivity index is -0.0000000655. The van der Waals surface area contributed by atoms with Gasteiger partial charge in [0.25, 0.3) is 0 Å². The van der Waals surface area contributed by atoms with E-state index in [0.29, 0.717) is 0 Å². The first-order valence-electron chi connectivity index (χ1n) is 2.10. The van der Waals surface area contributed by atoms with Gasteiger partial charge in [-0.05, 0) is 0 Å². The molecular weight excluding hydrogens is 367 g/mol. The molecule has 0 aliphatic rings.